The molecule has 0 heterocycles. The Balaban J connectivity index is 2.72. The number of nitrogens with zero attached hydrogens (tertiary/aromatic N) is 1. The molecule has 0 aromatic heterocycles. The highest BCUT2D eigenvalue weighted by Crippen LogP contribution is 2.21. The van der Waals surface area contributed by atoms with Crippen LogP contribution in [0.25, 0.3) is 0 Å². The van der Waals surface area contributed by atoms with Gasteiger partial charge in [0.1, 0.15) is 0 Å². The summed E-state index contributed by atoms with van der Waals surface area (Å²) >= 11 is 6.09. The number of benzene rings is 1. The number of aliphatic carboxylic acids is 1. The van der Waals surface area contributed by atoms with Crippen LogP contribution in [-0.2, 0) is 4.79 Å². The number of rotatable bonds is 7. The third-order valence-corrected chi connectivity index (χ3v) is 3.63. The normalized spacial score (nSPS) is 11.5. The third-order valence-electron chi connectivity index (χ3n) is 3.32. The van der Waals surface area contributed by atoms with Gasteiger partial charge in [-0.15, -0.1) is 0 Å². The quantitative estimate of drug-likeness (QED) is 0.700. The molecule has 132 valence electrons. The summed E-state index contributed by atoms with van der Waals surface area (Å²) in [6.07, 6.45) is 0.818. The van der Waals surface area contributed by atoms with Crippen LogP contribution in [-0.4, -0.2) is 48.1 Å². The van der Waals surface area contributed by atoms with Gasteiger partial charge >= 0.3 is 12.0 Å². The van der Waals surface area contributed by atoms with Crippen LogP contribution in [0, 0.1) is 5.92 Å². The highest BCUT2D eigenvalue weighted by molar-refractivity contribution is 6.34. The Labute approximate surface area is 146 Å². The average molecular weight is 356 g/mol. The van der Waals surface area contributed by atoms with Crippen LogP contribution in [0.3, 0.4) is 0 Å². The van der Waals surface area contributed by atoms with Gasteiger partial charge in [0.05, 0.1) is 16.5 Å². The molecule has 1 atom stereocenters. The maximum absolute atomic E-state index is 12.0. The number of carboxylic acids is 1. The van der Waals surface area contributed by atoms with E-state index in [9.17, 15) is 14.4 Å². The molecule has 0 spiro atoms. The average Bonchev–Trinajstić information content (AvgIpc) is 2.52. The van der Waals surface area contributed by atoms with Gasteiger partial charge in [-0.25, -0.2) is 4.79 Å². The fourth-order valence-electron chi connectivity index (χ4n) is 1.90. The molecule has 24 heavy (non-hydrogen) atoms. The van der Waals surface area contributed by atoms with E-state index in [1.165, 1.54) is 31.0 Å². The van der Waals surface area contributed by atoms with Crippen LogP contribution >= 0.6 is 11.6 Å². The molecular formula is C16H22ClN3O4. The van der Waals surface area contributed by atoms with E-state index in [0.29, 0.717) is 17.8 Å². The molecule has 7 nitrogen and oxygen atoms in total. The second-order valence-electron chi connectivity index (χ2n) is 5.50. The first-order valence-corrected chi connectivity index (χ1v) is 7.96. The van der Waals surface area contributed by atoms with E-state index in [0.717, 1.165) is 6.42 Å². The number of halogens is 1. The first-order chi connectivity index (χ1) is 11.3. The minimum atomic E-state index is -0.972. The van der Waals surface area contributed by atoms with Crippen molar-refractivity contribution >= 4 is 35.2 Å². The predicted molar refractivity (Wildman–Crippen MR) is 92.5 cm³/mol. The second-order valence-corrected chi connectivity index (χ2v) is 5.91. The van der Waals surface area contributed by atoms with Crippen molar-refractivity contribution in [2.45, 2.75) is 20.3 Å². The summed E-state index contributed by atoms with van der Waals surface area (Å²) in [5.74, 6) is -1.92. The van der Waals surface area contributed by atoms with Crippen molar-refractivity contribution in [2.24, 2.45) is 5.92 Å². The van der Waals surface area contributed by atoms with E-state index in [4.69, 9.17) is 16.7 Å². The Kier molecular flexibility index (Phi) is 7.51. The first kappa shape index (κ1) is 19.8. The first-order valence-electron chi connectivity index (χ1n) is 7.58. The zero-order chi connectivity index (χ0) is 18.3. The van der Waals surface area contributed by atoms with Gasteiger partial charge in [-0.3, -0.25) is 9.59 Å². The molecule has 1 aromatic rings. The fraction of sp³-hybridized carbons (Fsp3) is 0.438. The summed E-state index contributed by atoms with van der Waals surface area (Å²) in [5, 5.41) is 14.4. The van der Waals surface area contributed by atoms with Gasteiger partial charge in [0.2, 0.25) is 0 Å². The number of hydrogen-bond acceptors (Lipinski definition) is 3. The van der Waals surface area contributed by atoms with Crippen molar-refractivity contribution in [3.05, 3.63) is 28.8 Å². The van der Waals surface area contributed by atoms with E-state index >= 15 is 0 Å². The molecule has 0 saturated heterocycles. The van der Waals surface area contributed by atoms with Gasteiger partial charge < -0.3 is 20.6 Å². The van der Waals surface area contributed by atoms with Gasteiger partial charge in [0.25, 0.3) is 5.91 Å². The fourth-order valence-corrected chi connectivity index (χ4v) is 2.17. The lowest BCUT2D eigenvalue weighted by molar-refractivity contribution is -0.141. The number of carbonyl (C=O) groups is 3. The summed E-state index contributed by atoms with van der Waals surface area (Å²) in [6.45, 7) is 4.10. The molecule has 0 radical (unpaired) electrons. The molecule has 0 aliphatic carbocycles. The zero-order valence-corrected chi connectivity index (χ0v) is 14.7. The Bertz CT molecular complexity index is 621. The summed E-state index contributed by atoms with van der Waals surface area (Å²) in [6, 6.07) is 4.12. The SMILES string of the molecule is CCCNC(=O)c1ccc(NC(=O)N(C)CC(C)C(=O)O)cc1Cl. The summed E-state index contributed by atoms with van der Waals surface area (Å²) in [7, 11) is 1.50. The number of hydrogen-bond donors (Lipinski definition) is 3. The summed E-state index contributed by atoms with van der Waals surface area (Å²) in [4.78, 5) is 36.0. The lowest BCUT2D eigenvalue weighted by Crippen LogP contribution is -2.36. The largest absolute Gasteiger partial charge is 0.481 e. The van der Waals surface area contributed by atoms with E-state index < -0.39 is 17.9 Å². The minimum Gasteiger partial charge on any atom is -0.481 e. The molecule has 0 bridgehead atoms. The highest BCUT2D eigenvalue weighted by Gasteiger charge is 2.18. The van der Waals surface area contributed by atoms with E-state index in [1.54, 1.807) is 6.07 Å². The monoisotopic (exact) mass is 355 g/mol. The Morgan fingerprint density at radius 3 is 2.54 bits per heavy atom. The van der Waals surface area contributed by atoms with Gasteiger partial charge in [0, 0.05) is 25.8 Å². The van der Waals surface area contributed by atoms with Crippen LogP contribution in [0.15, 0.2) is 18.2 Å². The van der Waals surface area contributed by atoms with Crippen LogP contribution in [0.2, 0.25) is 5.02 Å². The molecule has 3 N–H and O–H groups in total. The van der Waals surface area contributed by atoms with Crippen LogP contribution < -0.4 is 10.6 Å². The molecule has 0 aliphatic heterocycles. The molecule has 1 unspecified atom stereocenters. The third kappa shape index (κ3) is 5.73. The molecule has 1 rings (SSSR count). The van der Waals surface area contributed by atoms with Gasteiger partial charge in [-0.05, 0) is 24.6 Å². The smallest absolute Gasteiger partial charge is 0.321 e. The maximum Gasteiger partial charge on any atom is 0.321 e. The van der Waals surface area contributed by atoms with E-state index in [1.807, 2.05) is 6.92 Å². The highest BCUT2D eigenvalue weighted by atomic mass is 35.5. The molecule has 0 fully saturated rings. The second kappa shape index (κ2) is 9.12. The van der Waals surface area contributed by atoms with Crippen molar-refractivity contribution in [1.29, 1.82) is 0 Å². The van der Waals surface area contributed by atoms with Crippen LogP contribution in [0.5, 0.6) is 0 Å². The zero-order valence-electron chi connectivity index (χ0n) is 13.9. The number of urea groups is 1. The van der Waals surface area contributed by atoms with Crippen LogP contribution in [0.1, 0.15) is 30.6 Å². The maximum atomic E-state index is 12.0. The van der Waals surface area contributed by atoms with Crippen molar-refractivity contribution in [3.63, 3.8) is 0 Å². The summed E-state index contributed by atoms with van der Waals surface area (Å²) < 4.78 is 0. The predicted octanol–water partition coefficient (Wildman–Crippen LogP) is 2.66. The van der Waals surface area contributed by atoms with E-state index in [2.05, 4.69) is 10.6 Å². The molecule has 0 aliphatic rings. The number of nitrogens with one attached hydrogen (secondary N) is 2. The molecule has 1 aromatic carbocycles. The molecule has 8 heteroatoms. The lowest BCUT2D eigenvalue weighted by Gasteiger charge is -2.20. The number of amides is 3. The van der Waals surface area contributed by atoms with Crippen molar-refractivity contribution in [3.8, 4) is 0 Å². The minimum absolute atomic E-state index is 0.0758. The number of anilines is 1. The Morgan fingerprint density at radius 1 is 1.33 bits per heavy atom. The number of carbonyl (C=O) groups excluding carboxylic acids is 2. The molecule has 0 saturated carbocycles. The molecule has 3 amide bonds. The number of carboxylic acid groups (broad SMARTS) is 1. The standard InChI is InChI=1S/C16H22ClN3O4/c1-4-7-18-14(21)12-6-5-11(8-13(12)17)19-16(24)20(3)9-10(2)15(22)23/h5-6,8,10H,4,7,9H2,1-3H3,(H,18,21)(H,19,24)(H,22,23). The van der Waals surface area contributed by atoms with Gasteiger partial charge in [-0.1, -0.05) is 25.4 Å². The Hall–Kier alpha value is -2.28. The van der Waals surface area contributed by atoms with Gasteiger partial charge in [-0.2, -0.15) is 0 Å². The van der Waals surface area contributed by atoms with E-state index in [-0.39, 0.29) is 17.5 Å². The van der Waals surface area contributed by atoms with Gasteiger partial charge in [0.15, 0.2) is 0 Å². The van der Waals surface area contributed by atoms with Crippen molar-refractivity contribution in [2.75, 3.05) is 25.5 Å². The van der Waals surface area contributed by atoms with Crippen LogP contribution in [0.4, 0.5) is 10.5 Å². The molecular weight excluding hydrogens is 334 g/mol. The Morgan fingerprint density at radius 2 is 2.00 bits per heavy atom. The van der Waals surface area contributed by atoms with Crippen molar-refractivity contribution in [1.82, 2.24) is 10.2 Å². The topological polar surface area (TPSA) is 98.7 Å². The van der Waals surface area contributed by atoms with Crippen molar-refractivity contribution < 1.29 is 19.5 Å². The lowest BCUT2D eigenvalue weighted by atomic mass is 10.2. The summed E-state index contributed by atoms with van der Waals surface area (Å²) in [5.41, 5.74) is 0.753.